The van der Waals surface area contributed by atoms with Crippen LogP contribution in [0.3, 0.4) is 0 Å². The smallest absolute Gasteiger partial charge is 0.234 e. The zero-order valence-electron chi connectivity index (χ0n) is 12.6. The number of hydrogen-bond acceptors (Lipinski definition) is 3. The molecule has 0 saturated heterocycles. The number of nitrogens with zero attached hydrogens (tertiary/aromatic N) is 1. The van der Waals surface area contributed by atoms with E-state index >= 15 is 0 Å². The molecule has 0 bridgehead atoms. The van der Waals surface area contributed by atoms with E-state index < -0.39 is 0 Å². The molecule has 1 aliphatic rings. The molecule has 1 aliphatic carbocycles. The van der Waals surface area contributed by atoms with Crippen molar-refractivity contribution >= 4 is 11.6 Å². The molecule has 1 saturated carbocycles. The highest BCUT2D eigenvalue weighted by Gasteiger charge is 2.27. The van der Waals surface area contributed by atoms with Crippen molar-refractivity contribution in [1.29, 1.82) is 0 Å². The topological polar surface area (TPSA) is 58.4 Å². The van der Waals surface area contributed by atoms with Gasteiger partial charge in [0.05, 0.1) is 6.04 Å². The number of rotatable bonds is 7. The van der Waals surface area contributed by atoms with Gasteiger partial charge in [-0.1, -0.05) is 17.7 Å². The van der Waals surface area contributed by atoms with Gasteiger partial charge >= 0.3 is 0 Å². The monoisotopic (exact) mass is 275 g/mol. The first kappa shape index (κ1) is 14.9. The molecule has 0 spiro atoms. The average molecular weight is 275 g/mol. The zero-order chi connectivity index (χ0) is 14.7. The van der Waals surface area contributed by atoms with Crippen LogP contribution in [-0.4, -0.2) is 31.6 Å². The Balaban J connectivity index is 1.92. The molecule has 1 fully saturated rings. The van der Waals surface area contributed by atoms with Crippen molar-refractivity contribution < 1.29 is 4.79 Å². The molecule has 2 rings (SSSR count). The lowest BCUT2D eigenvalue weighted by Crippen LogP contribution is -2.44. The van der Waals surface area contributed by atoms with Gasteiger partial charge in [0.2, 0.25) is 5.91 Å². The van der Waals surface area contributed by atoms with E-state index in [-0.39, 0.29) is 11.9 Å². The molecule has 1 unspecified atom stereocenters. The fourth-order valence-electron chi connectivity index (χ4n) is 2.52. The summed E-state index contributed by atoms with van der Waals surface area (Å²) in [6.07, 6.45) is 3.07. The van der Waals surface area contributed by atoms with Gasteiger partial charge in [-0.3, -0.25) is 4.79 Å². The molecule has 1 aromatic rings. The molecule has 0 aliphatic heterocycles. The highest BCUT2D eigenvalue weighted by molar-refractivity contribution is 5.80. The Morgan fingerprint density at radius 2 is 2.15 bits per heavy atom. The number of nitrogens with one attached hydrogen (secondary N) is 1. The van der Waals surface area contributed by atoms with Gasteiger partial charge in [0.15, 0.2) is 0 Å². The maximum Gasteiger partial charge on any atom is 0.234 e. The number of hydrogen-bond donors (Lipinski definition) is 2. The molecule has 4 heteroatoms. The largest absolute Gasteiger partial charge is 0.374 e. The molecule has 1 amide bonds. The summed E-state index contributed by atoms with van der Waals surface area (Å²) in [5, 5.41) is 3.32. The van der Waals surface area contributed by atoms with E-state index in [0.717, 1.165) is 25.8 Å². The molecule has 3 N–H and O–H groups in total. The van der Waals surface area contributed by atoms with Gasteiger partial charge in [-0.2, -0.15) is 0 Å². The van der Waals surface area contributed by atoms with Crippen molar-refractivity contribution in [2.75, 3.05) is 18.5 Å². The van der Waals surface area contributed by atoms with Crippen LogP contribution in [-0.2, 0) is 4.79 Å². The van der Waals surface area contributed by atoms with Gasteiger partial charge in [-0.25, -0.2) is 0 Å². The van der Waals surface area contributed by atoms with Crippen molar-refractivity contribution in [2.24, 2.45) is 5.73 Å². The van der Waals surface area contributed by atoms with Gasteiger partial charge in [-0.15, -0.1) is 0 Å². The first-order valence-electron chi connectivity index (χ1n) is 7.31. The molecule has 110 valence electrons. The van der Waals surface area contributed by atoms with Crippen LogP contribution in [0.2, 0.25) is 0 Å². The maximum absolute atomic E-state index is 11.5. The molecule has 1 aromatic carbocycles. The van der Waals surface area contributed by atoms with E-state index in [0.29, 0.717) is 6.04 Å². The average Bonchev–Trinajstić information content (AvgIpc) is 3.17. The molecule has 0 radical (unpaired) electrons. The van der Waals surface area contributed by atoms with Crippen LogP contribution in [0.15, 0.2) is 18.2 Å². The van der Waals surface area contributed by atoms with Crippen LogP contribution >= 0.6 is 0 Å². The second kappa shape index (κ2) is 6.27. The van der Waals surface area contributed by atoms with Crippen LogP contribution in [0.1, 0.15) is 30.4 Å². The lowest BCUT2D eigenvalue weighted by Gasteiger charge is -2.24. The Hall–Kier alpha value is -1.55. The van der Waals surface area contributed by atoms with E-state index in [4.69, 9.17) is 5.73 Å². The molecule has 0 aromatic heterocycles. The van der Waals surface area contributed by atoms with E-state index in [9.17, 15) is 4.79 Å². The number of carbonyl (C=O) groups is 1. The van der Waals surface area contributed by atoms with E-state index in [1.165, 1.54) is 16.8 Å². The first-order chi connectivity index (χ1) is 9.47. The highest BCUT2D eigenvalue weighted by atomic mass is 16.1. The summed E-state index contributed by atoms with van der Waals surface area (Å²) in [6.45, 7) is 5.03. The van der Waals surface area contributed by atoms with E-state index in [1.54, 1.807) is 0 Å². The number of benzene rings is 1. The van der Waals surface area contributed by atoms with Crippen LogP contribution in [0.25, 0.3) is 0 Å². The Labute approximate surface area is 121 Å². The van der Waals surface area contributed by atoms with Crippen LogP contribution in [0.4, 0.5) is 5.69 Å². The number of amides is 1. The Kier molecular flexibility index (Phi) is 4.65. The second-order valence-corrected chi connectivity index (χ2v) is 5.90. The third-order valence-corrected chi connectivity index (χ3v) is 3.87. The van der Waals surface area contributed by atoms with Crippen molar-refractivity contribution in [1.82, 2.24) is 5.32 Å². The summed E-state index contributed by atoms with van der Waals surface area (Å²) >= 11 is 0. The highest BCUT2D eigenvalue weighted by Crippen LogP contribution is 2.22. The molecule has 20 heavy (non-hydrogen) atoms. The summed E-state index contributed by atoms with van der Waals surface area (Å²) in [5.74, 6) is -0.245. The van der Waals surface area contributed by atoms with Crippen LogP contribution < -0.4 is 16.0 Å². The van der Waals surface area contributed by atoms with Crippen molar-refractivity contribution in [3.05, 3.63) is 29.3 Å². The molecule has 0 heterocycles. The molecule has 1 atom stereocenters. The number of primary amides is 1. The second-order valence-electron chi connectivity index (χ2n) is 5.90. The van der Waals surface area contributed by atoms with Crippen molar-refractivity contribution in [3.63, 3.8) is 0 Å². The lowest BCUT2D eigenvalue weighted by molar-refractivity contribution is -0.120. The van der Waals surface area contributed by atoms with Gasteiger partial charge < -0.3 is 16.0 Å². The van der Waals surface area contributed by atoms with Crippen molar-refractivity contribution in [2.45, 2.75) is 45.2 Å². The van der Waals surface area contributed by atoms with Gasteiger partial charge in [0, 0.05) is 25.3 Å². The van der Waals surface area contributed by atoms with Gasteiger partial charge in [0.25, 0.3) is 0 Å². The summed E-state index contributed by atoms with van der Waals surface area (Å²) in [5.41, 5.74) is 9.21. The van der Waals surface area contributed by atoms with Crippen LogP contribution in [0.5, 0.6) is 0 Å². The third kappa shape index (κ3) is 3.97. The minimum absolute atomic E-state index is 0.212. The Bertz CT molecular complexity index is 483. The number of aryl methyl sites for hydroxylation is 2. The van der Waals surface area contributed by atoms with Gasteiger partial charge in [0.1, 0.15) is 0 Å². The summed E-state index contributed by atoms with van der Waals surface area (Å²) in [7, 11) is 2.06. The minimum Gasteiger partial charge on any atom is -0.374 e. The minimum atomic E-state index is -0.245. The Morgan fingerprint density at radius 1 is 1.45 bits per heavy atom. The Morgan fingerprint density at radius 3 is 2.70 bits per heavy atom. The van der Waals surface area contributed by atoms with Crippen LogP contribution in [0, 0.1) is 13.8 Å². The number of nitrogens with two attached hydrogens (primary N) is 1. The summed E-state index contributed by atoms with van der Waals surface area (Å²) in [4.78, 5) is 13.7. The summed E-state index contributed by atoms with van der Waals surface area (Å²) < 4.78 is 0. The maximum atomic E-state index is 11.5. The quantitative estimate of drug-likeness (QED) is 0.797. The van der Waals surface area contributed by atoms with E-state index in [1.807, 2.05) is 0 Å². The molecule has 4 nitrogen and oxygen atoms in total. The fourth-order valence-corrected chi connectivity index (χ4v) is 2.52. The third-order valence-electron chi connectivity index (χ3n) is 3.87. The molecular formula is C16H25N3O. The predicted octanol–water partition coefficient (Wildman–Crippen LogP) is 1.74. The number of anilines is 1. The fraction of sp³-hybridized carbons (Fsp3) is 0.562. The standard InChI is InChI=1S/C16H25N3O/c1-11-4-7-15(12(2)10-11)19(3)9-8-14(16(17)20)18-13-5-6-13/h4,7,10,13-14,18H,5-6,8-9H2,1-3H3,(H2,17,20). The first-order valence-corrected chi connectivity index (χ1v) is 7.31. The SMILES string of the molecule is Cc1ccc(N(C)CCC(NC2CC2)C(N)=O)c(C)c1. The predicted molar refractivity (Wildman–Crippen MR) is 82.9 cm³/mol. The summed E-state index contributed by atoms with van der Waals surface area (Å²) in [6, 6.07) is 6.72. The van der Waals surface area contributed by atoms with E-state index in [2.05, 4.69) is 49.3 Å². The van der Waals surface area contributed by atoms with Gasteiger partial charge in [-0.05, 0) is 44.7 Å². The lowest BCUT2D eigenvalue weighted by atomic mass is 10.1. The number of carbonyl (C=O) groups excluding carboxylic acids is 1. The van der Waals surface area contributed by atoms with Crippen molar-refractivity contribution in [3.8, 4) is 0 Å². The zero-order valence-corrected chi connectivity index (χ0v) is 12.6. The normalized spacial score (nSPS) is 15.9. The molecular weight excluding hydrogens is 250 g/mol.